The molecule has 0 radical (unpaired) electrons. The molecule has 2 aromatic rings. The molecule has 1 amide bonds. The van der Waals surface area contributed by atoms with Crippen molar-refractivity contribution in [2.45, 2.75) is 32.2 Å². The number of amides is 1. The second kappa shape index (κ2) is 6.76. The Morgan fingerprint density at radius 1 is 1.17 bits per heavy atom. The van der Waals surface area contributed by atoms with E-state index in [4.69, 9.17) is 5.26 Å². The largest absolute Gasteiger partial charge is 0.507 e. The molecule has 1 aliphatic rings. The van der Waals surface area contributed by atoms with Gasteiger partial charge in [0.25, 0.3) is 5.91 Å². The molecule has 0 unspecified atom stereocenters. The molecule has 1 aliphatic carbocycles. The lowest BCUT2D eigenvalue weighted by Gasteiger charge is -2.21. The first-order chi connectivity index (χ1) is 11.6. The van der Waals surface area contributed by atoms with E-state index >= 15 is 0 Å². The number of hydrogen-bond donors (Lipinski definition) is 1. The summed E-state index contributed by atoms with van der Waals surface area (Å²) >= 11 is 0. The number of carbonyl (C=O) groups is 1. The Balaban J connectivity index is 1.79. The van der Waals surface area contributed by atoms with E-state index < -0.39 is 0 Å². The maximum Gasteiger partial charge on any atom is 0.257 e. The van der Waals surface area contributed by atoms with Gasteiger partial charge in [-0.1, -0.05) is 12.1 Å². The highest BCUT2D eigenvalue weighted by Crippen LogP contribution is 2.29. The zero-order valence-corrected chi connectivity index (χ0v) is 13.7. The Labute approximate surface area is 142 Å². The van der Waals surface area contributed by atoms with Gasteiger partial charge < -0.3 is 10.0 Å². The van der Waals surface area contributed by atoms with Crippen LogP contribution < -0.4 is 0 Å². The molecule has 2 aromatic carbocycles. The Bertz CT molecular complexity index is 804. The van der Waals surface area contributed by atoms with Crippen LogP contribution in [0.25, 0.3) is 0 Å². The smallest absolute Gasteiger partial charge is 0.257 e. The summed E-state index contributed by atoms with van der Waals surface area (Å²) in [5.74, 6) is -0.127. The number of rotatable bonds is 3. The van der Waals surface area contributed by atoms with E-state index in [1.165, 1.54) is 5.56 Å². The minimum Gasteiger partial charge on any atom is -0.507 e. The van der Waals surface area contributed by atoms with Crippen molar-refractivity contribution in [2.24, 2.45) is 0 Å². The van der Waals surface area contributed by atoms with Crippen LogP contribution >= 0.6 is 0 Å². The lowest BCUT2D eigenvalue weighted by Crippen LogP contribution is -2.26. The maximum absolute atomic E-state index is 12.7. The van der Waals surface area contributed by atoms with Crippen LogP contribution in [0, 0.1) is 11.3 Å². The number of phenolic OH excluding ortho intramolecular Hbond substituents is 1. The van der Waals surface area contributed by atoms with Gasteiger partial charge >= 0.3 is 0 Å². The molecule has 0 aromatic heterocycles. The molecule has 1 N–H and O–H groups in total. The molecular formula is C20H20N2O2. The summed E-state index contributed by atoms with van der Waals surface area (Å²) in [5, 5.41) is 19.1. The van der Waals surface area contributed by atoms with Crippen molar-refractivity contribution in [3.8, 4) is 11.8 Å². The number of nitrogens with zero attached hydrogens (tertiary/aromatic N) is 2. The average Bonchev–Trinajstić information content (AvgIpc) is 2.61. The van der Waals surface area contributed by atoms with Gasteiger partial charge in [-0.25, -0.2) is 0 Å². The van der Waals surface area contributed by atoms with E-state index in [-0.39, 0.29) is 11.7 Å². The quantitative estimate of drug-likeness (QED) is 0.942. The summed E-state index contributed by atoms with van der Waals surface area (Å²) in [7, 11) is 1.72. The molecule has 0 fully saturated rings. The summed E-state index contributed by atoms with van der Waals surface area (Å²) in [4.78, 5) is 14.3. The molecule has 24 heavy (non-hydrogen) atoms. The van der Waals surface area contributed by atoms with Gasteiger partial charge in [-0.2, -0.15) is 5.26 Å². The van der Waals surface area contributed by atoms with Crippen LogP contribution in [0.5, 0.6) is 5.75 Å². The van der Waals surface area contributed by atoms with Gasteiger partial charge in [-0.3, -0.25) is 4.79 Å². The van der Waals surface area contributed by atoms with Crippen molar-refractivity contribution in [2.75, 3.05) is 7.05 Å². The number of phenols is 1. The standard InChI is InChI=1S/C20H20N2O2/c1-22(13-15-8-6-14(12-21)7-9-15)20(24)18-10-16-4-2-3-5-17(16)11-19(18)23/h6-11,23H,2-5,13H2,1H3. The molecule has 0 spiro atoms. The van der Waals surface area contributed by atoms with Crippen LogP contribution in [-0.4, -0.2) is 23.0 Å². The SMILES string of the molecule is CN(Cc1ccc(C#N)cc1)C(=O)c1cc2c(cc1O)CCCC2. The molecule has 0 saturated heterocycles. The molecule has 0 heterocycles. The normalized spacial score (nSPS) is 13.0. The molecule has 122 valence electrons. The van der Waals surface area contributed by atoms with E-state index in [2.05, 4.69) is 6.07 Å². The third kappa shape index (κ3) is 3.26. The Morgan fingerprint density at radius 2 is 1.79 bits per heavy atom. The summed E-state index contributed by atoms with van der Waals surface area (Å²) < 4.78 is 0. The minimum atomic E-state index is -0.190. The fraction of sp³-hybridized carbons (Fsp3) is 0.300. The van der Waals surface area contributed by atoms with E-state index in [0.29, 0.717) is 17.7 Å². The van der Waals surface area contributed by atoms with Crippen LogP contribution in [0.4, 0.5) is 0 Å². The van der Waals surface area contributed by atoms with E-state index in [1.54, 1.807) is 30.1 Å². The molecule has 0 aliphatic heterocycles. The van der Waals surface area contributed by atoms with Crippen LogP contribution in [0.15, 0.2) is 36.4 Å². The summed E-state index contributed by atoms with van der Waals surface area (Å²) in [6, 6.07) is 12.8. The van der Waals surface area contributed by atoms with Crippen molar-refractivity contribution in [3.05, 3.63) is 64.2 Å². The number of aromatic hydroxyl groups is 1. The second-order valence-electron chi connectivity index (χ2n) is 6.32. The highest BCUT2D eigenvalue weighted by atomic mass is 16.3. The van der Waals surface area contributed by atoms with Gasteiger partial charge in [0, 0.05) is 13.6 Å². The van der Waals surface area contributed by atoms with Crippen molar-refractivity contribution in [1.82, 2.24) is 4.90 Å². The van der Waals surface area contributed by atoms with E-state index in [9.17, 15) is 9.90 Å². The third-order valence-corrected chi connectivity index (χ3v) is 4.54. The van der Waals surface area contributed by atoms with E-state index in [1.807, 2.05) is 18.2 Å². The minimum absolute atomic E-state index is 0.0623. The number of hydrogen-bond acceptors (Lipinski definition) is 3. The first kappa shape index (κ1) is 16.1. The highest BCUT2D eigenvalue weighted by Gasteiger charge is 2.20. The summed E-state index contributed by atoms with van der Waals surface area (Å²) in [6.07, 6.45) is 4.21. The molecule has 4 heteroatoms. The Hall–Kier alpha value is -2.80. The highest BCUT2D eigenvalue weighted by molar-refractivity contribution is 5.97. The van der Waals surface area contributed by atoms with Gasteiger partial charge in [0.2, 0.25) is 0 Å². The molecule has 0 atom stereocenters. The van der Waals surface area contributed by atoms with Crippen LogP contribution in [-0.2, 0) is 19.4 Å². The number of benzene rings is 2. The van der Waals surface area contributed by atoms with Crippen molar-refractivity contribution < 1.29 is 9.90 Å². The lowest BCUT2D eigenvalue weighted by molar-refractivity contribution is 0.0782. The van der Waals surface area contributed by atoms with Crippen LogP contribution in [0.1, 0.15) is 45.5 Å². The van der Waals surface area contributed by atoms with Gasteiger partial charge in [-0.05, 0) is 66.6 Å². The van der Waals surface area contributed by atoms with Crippen molar-refractivity contribution in [1.29, 1.82) is 5.26 Å². The first-order valence-corrected chi connectivity index (χ1v) is 8.18. The number of aryl methyl sites for hydroxylation is 2. The van der Waals surface area contributed by atoms with Gasteiger partial charge in [0.05, 0.1) is 17.2 Å². The van der Waals surface area contributed by atoms with Crippen molar-refractivity contribution >= 4 is 5.91 Å². The van der Waals surface area contributed by atoms with Gasteiger partial charge in [0.15, 0.2) is 0 Å². The molecule has 3 rings (SSSR count). The summed E-state index contributed by atoms with van der Waals surface area (Å²) in [6.45, 7) is 0.432. The molecule has 0 bridgehead atoms. The number of fused-ring (bicyclic) bond motifs is 1. The van der Waals surface area contributed by atoms with E-state index in [0.717, 1.165) is 36.8 Å². The van der Waals surface area contributed by atoms with Crippen LogP contribution in [0.2, 0.25) is 0 Å². The second-order valence-corrected chi connectivity index (χ2v) is 6.32. The Kier molecular flexibility index (Phi) is 4.52. The third-order valence-electron chi connectivity index (χ3n) is 4.54. The van der Waals surface area contributed by atoms with Crippen molar-refractivity contribution in [3.63, 3.8) is 0 Å². The predicted octanol–water partition coefficient (Wildman–Crippen LogP) is 3.41. The molecular weight excluding hydrogens is 300 g/mol. The fourth-order valence-electron chi connectivity index (χ4n) is 3.18. The number of nitriles is 1. The average molecular weight is 320 g/mol. The Morgan fingerprint density at radius 3 is 2.42 bits per heavy atom. The fourth-order valence-corrected chi connectivity index (χ4v) is 3.18. The first-order valence-electron chi connectivity index (χ1n) is 8.18. The predicted molar refractivity (Wildman–Crippen MR) is 91.7 cm³/mol. The molecule has 0 saturated carbocycles. The maximum atomic E-state index is 12.7. The van der Waals surface area contributed by atoms with Crippen LogP contribution in [0.3, 0.4) is 0 Å². The summed E-state index contributed by atoms with van der Waals surface area (Å²) in [5.41, 5.74) is 4.24. The zero-order valence-electron chi connectivity index (χ0n) is 13.7. The lowest BCUT2D eigenvalue weighted by atomic mass is 9.89. The topological polar surface area (TPSA) is 64.3 Å². The monoisotopic (exact) mass is 320 g/mol. The number of carbonyl (C=O) groups excluding carboxylic acids is 1. The van der Waals surface area contributed by atoms with Gasteiger partial charge in [0.1, 0.15) is 5.75 Å². The zero-order chi connectivity index (χ0) is 17.1. The van der Waals surface area contributed by atoms with Gasteiger partial charge in [-0.15, -0.1) is 0 Å². The molecule has 4 nitrogen and oxygen atoms in total.